The Morgan fingerprint density at radius 1 is 1.50 bits per heavy atom. The number of sulfonamides is 1. The van der Waals surface area contributed by atoms with Crippen molar-refractivity contribution < 1.29 is 13.2 Å². The highest BCUT2D eigenvalue weighted by molar-refractivity contribution is 7.89. The summed E-state index contributed by atoms with van der Waals surface area (Å²) >= 11 is 0. The number of hydrogen-bond donors (Lipinski definition) is 2. The van der Waals surface area contributed by atoms with Crippen LogP contribution in [0.1, 0.15) is 19.0 Å². The van der Waals surface area contributed by atoms with Gasteiger partial charge in [-0.15, -0.1) is 0 Å². The highest BCUT2D eigenvalue weighted by atomic mass is 32.2. The first-order valence-corrected chi connectivity index (χ1v) is 7.73. The molecule has 1 unspecified atom stereocenters. The summed E-state index contributed by atoms with van der Waals surface area (Å²) in [4.78, 5) is 11.1. The topological polar surface area (TPSA) is 110 Å². The predicted octanol–water partition coefficient (Wildman–Crippen LogP) is -0.790. The molecular weight excluding hydrogens is 282 g/mol. The van der Waals surface area contributed by atoms with Gasteiger partial charge in [-0.3, -0.25) is 9.48 Å². The van der Waals surface area contributed by atoms with Crippen molar-refractivity contribution >= 4 is 21.7 Å². The number of aromatic nitrogens is 2. The first-order chi connectivity index (χ1) is 9.23. The number of nitrogen functional groups attached to an aromatic ring is 1. The number of anilines is 1. The molecule has 1 aliphatic heterocycles. The molecule has 1 aromatic heterocycles. The molecule has 0 aromatic carbocycles. The summed E-state index contributed by atoms with van der Waals surface area (Å²) in [6.07, 6.45) is 0.595. The minimum atomic E-state index is -3.67. The third-order valence-electron chi connectivity index (χ3n) is 3.46. The molecule has 3 N–H and O–H groups in total. The van der Waals surface area contributed by atoms with Crippen LogP contribution in [-0.2, 0) is 21.9 Å². The Bertz CT molecular complexity index is 637. The molecule has 0 spiro atoms. The molecule has 1 aliphatic rings. The Labute approximate surface area is 118 Å². The van der Waals surface area contributed by atoms with Crippen molar-refractivity contribution in [3.63, 3.8) is 0 Å². The monoisotopic (exact) mass is 301 g/mol. The SMILES string of the molecule is CC(=O)NC1CCN(S(=O)(=O)c2c(N)nn(C)c2C)C1. The lowest BCUT2D eigenvalue weighted by molar-refractivity contribution is -0.119. The largest absolute Gasteiger partial charge is 0.381 e. The predicted molar refractivity (Wildman–Crippen MR) is 73.3 cm³/mol. The molecule has 9 heteroatoms. The van der Waals surface area contributed by atoms with Gasteiger partial charge in [0.15, 0.2) is 5.82 Å². The van der Waals surface area contributed by atoms with Gasteiger partial charge >= 0.3 is 0 Å². The van der Waals surface area contributed by atoms with E-state index in [1.54, 1.807) is 14.0 Å². The van der Waals surface area contributed by atoms with Gasteiger partial charge < -0.3 is 11.1 Å². The van der Waals surface area contributed by atoms with Gasteiger partial charge in [0.25, 0.3) is 0 Å². The zero-order valence-corrected chi connectivity index (χ0v) is 12.6. The second-order valence-corrected chi connectivity index (χ2v) is 6.85. The Hall–Kier alpha value is -1.61. The number of nitrogens with zero attached hydrogens (tertiary/aromatic N) is 3. The van der Waals surface area contributed by atoms with E-state index in [-0.39, 0.29) is 29.2 Å². The fourth-order valence-corrected chi connectivity index (χ4v) is 4.20. The third-order valence-corrected chi connectivity index (χ3v) is 5.49. The maximum Gasteiger partial charge on any atom is 0.248 e. The summed E-state index contributed by atoms with van der Waals surface area (Å²) in [6, 6.07) is -0.152. The molecule has 1 fully saturated rings. The zero-order valence-electron chi connectivity index (χ0n) is 11.8. The van der Waals surface area contributed by atoms with Crippen molar-refractivity contribution in [2.24, 2.45) is 7.05 Å². The molecular formula is C11H19N5O3S. The number of nitrogens with two attached hydrogens (primary N) is 1. The van der Waals surface area contributed by atoms with E-state index >= 15 is 0 Å². The number of hydrogen-bond acceptors (Lipinski definition) is 5. The molecule has 1 aromatic rings. The Balaban J connectivity index is 2.26. The van der Waals surface area contributed by atoms with Gasteiger partial charge in [0.1, 0.15) is 4.90 Å². The smallest absolute Gasteiger partial charge is 0.248 e. The molecule has 0 bridgehead atoms. The van der Waals surface area contributed by atoms with Crippen molar-refractivity contribution in [1.29, 1.82) is 0 Å². The quantitative estimate of drug-likeness (QED) is 0.760. The maximum atomic E-state index is 12.6. The molecule has 20 heavy (non-hydrogen) atoms. The van der Waals surface area contributed by atoms with Crippen molar-refractivity contribution in [1.82, 2.24) is 19.4 Å². The van der Waals surface area contributed by atoms with Crippen LogP contribution in [0.15, 0.2) is 4.90 Å². The van der Waals surface area contributed by atoms with Crippen molar-refractivity contribution in [3.05, 3.63) is 5.69 Å². The lowest BCUT2D eigenvalue weighted by Gasteiger charge is -2.17. The highest BCUT2D eigenvalue weighted by Gasteiger charge is 2.36. The van der Waals surface area contributed by atoms with E-state index in [9.17, 15) is 13.2 Å². The second-order valence-electron chi connectivity index (χ2n) is 4.97. The van der Waals surface area contributed by atoms with Crippen molar-refractivity contribution in [2.45, 2.75) is 31.2 Å². The van der Waals surface area contributed by atoms with Crippen LogP contribution in [0.3, 0.4) is 0 Å². The van der Waals surface area contributed by atoms with E-state index in [4.69, 9.17) is 5.73 Å². The van der Waals surface area contributed by atoms with Crippen LogP contribution in [-0.4, -0.2) is 47.5 Å². The Morgan fingerprint density at radius 2 is 2.15 bits per heavy atom. The number of nitrogens with one attached hydrogen (secondary N) is 1. The second kappa shape index (κ2) is 5.06. The summed E-state index contributed by atoms with van der Waals surface area (Å²) in [6.45, 7) is 3.70. The van der Waals surface area contributed by atoms with Gasteiger partial charge in [0.05, 0.1) is 5.69 Å². The molecule has 2 heterocycles. The molecule has 112 valence electrons. The average molecular weight is 301 g/mol. The minimum absolute atomic E-state index is 0.00739. The molecule has 1 saturated heterocycles. The lowest BCUT2D eigenvalue weighted by Crippen LogP contribution is -2.37. The van der Waals surface area contributed by atoms with Crippen LogP contribution in [0, 0.1) is 6.92 Å². The molecule has 2 rings (SSSR count). The van der Waals surface area contributed by atoms with Gasteiger partial charge in [0, 0.05) is 33.1 Å². The Morgan fingerprint density at radius 3 is 2.65 bits per heavy atom. The summed E-state index contributed by atoms with van der Waals surface area (Å²) in [5.41, 5.74) is 6.21. The normalized spacial score (nSPS) is 20.2. The highest BCUT2D eigenvalue weighted by Crippen LogP contribution is 2.27. The van der Waals surface area contributed by atoms with Crippen LogP contribution in [0.2, 0.25) is 0 Å². The van der Waals surface area contributed by atoms with E-state index < -0.39 is 10.0 Å². The number of rotatable bonds is 3. The van der Waals surface area contributed by atoms with Gasteiger partial charge in [0.2, 0.25) is 15.9 Å². The van der Waals surface area contributed by atoms with Gasteiger partial charge in [-0.05, 0) is 13.3 Å². The van der Waals surface area contributed by atoms with Gasteiger partial charge in [-0.1, -0.05) is 0 Å². The molecule has 0 aliphatic carbocycles. The molecule has 1 atom stereocenters. The first kappa shape index (κ1) is 14.8. The number of carbonyl (C=O) groups is 1. The van der Waals surface area contributed by atoms with E-state index in [2.05, 4.69) is 10.4 Å². The lowest BCUT2D eigenvalue weighted by atomic mass is 10.3. The maximum absolute atomic E-state index is 12.6. The zero-order chi connectivity index (χ0) is 15.1. The van der Waals surface area contributed by atoms with Crippen LogP contribution in [0.25, 0.3) is 0 Å². The van der Waals surface area contributed by atoms with Crippen molar-refractivity contribution in [3.8, 4) is 0 Å². The summed E-state index contributed by atoms with van der Waals surface area (Å²) < 4.78 is 28.0. The number of amides is 1. The molecule has 0 saturated carbocycles. The minimum Gasteiger partial charge on any atom is -0.381 e. The Kier molecular flexibility index (Phi) is 3.74. The summed E-state index contributed by atoms with van der Waals surface area (Å²) in [5.74, 6) is -0.153. The molecule has 8 nitrogen and oxygen atoms in total. The van der Waals surface area contributed by atoms with Gasteiger partial charge in [-0.25, -0.2) is 8.42 Å². The number of aryl methyl sites for hydroxylation is 1. The van der Waals surface area contributed by atoms with Crippen LogP contribution < -0.4 is 11.1 Å². The van der Waals surface area contributed by atoms with Crippen LogP contribution in [0.4, 0.5) is 5.82 Å². The number of carbonyl (C=O) groups excluding carboxylic acids is 1. The summed E-state index contributed by atoms with van der Waals surface area (Å²) in [7, 11) is -2.03. The van der Waals surface area contributed by atoms with Crippen LogP contribution in [0.5, 0.6) is 0 Å². The van der Waals surface area contributed by atoms with E-state index in [0.717, 1.165) is 0 Å². The van der Waals surface area contributed by atoms with E-state index in [1.807, 2.05) is 0 Å². The van der Waals surface area contributed by atoms with Crippen molar-refractivity contribution in [2.75, 3.05) is 18.8 Å². The third kappa shape index (κ3) is 2.50. The summed E-state index contributed by atoms with van der Waals surface area (Å²) in [5, 5.41) is 6.67. The fourth-order valence-electron chi connectivity index (χ4n) is 2.41. The van der Waals surface area contributed by atoms with E-state index in [1.165, 1.54) is 15.9 Å². The van der Waals surface area contributed by atoms with Gasteiger partial charge in [-0.2, -0.15) is 9.40 Å². The van der Waals surface area contributed by atoms with E-state index in [0.29, 0.717) is 18.7 Å². The average Bonchev–Trinajstić information content (AvgIpc) is 2.85. The standard InChI is InChI=1S/C11H19N5O3S/c1-7-10(11(12)14-15(7)3)20(18,19)16-5-4-9(6-16)13-8(2)17/h9H,4-6H2,1-3H3,(H2,12,14)(H,13,17). The molecule has 0 radical (unpaired) electrons. The first-order valence-electron chi connectivity index (χ1n) is 6.29. The van der Waals surface area contributed by atoms with Crippen LogP contribution >= 0.6 is 0 Å². The fraction of sp³-hybridized carbons (Fsp3) is 0.636. The molecule has 1 amide bonds.